The molecule has 0 amide bonds. The molecule has 0 aliphatic heterocycles. The van der Waals surface area contributed by atoms with Crippen molar-refractivity contribution in [3.63, 3.8) is 0 Å². The number of carbonyl (C=O) groups excluding carboxylic acids is 1. The molecule has 0 bridgehead atoms. The van der Waals surface area contributed by atoms with Crippen LogP contribution in [-0.4, -0.2) is 27.2 Å². The third-order valence-corrected chi connectivity index (χ3v) is 4.55. The summed E-state index contributed by atoms with van der Waals surface area (Å²) in [4.78, 5) is 12.2. The maximum Gasteiger partial charge on any atom is 0.303 e. The number of hydrogen-bond acceptors (Lipinski definition) is 5. The maximum atomic E-state index is 12.2. The van der Waals surface area contributed by atoms with Gasteiger partial charge in [0, 0.05) is 17.9 Å². The summed E-state index contributed by atoms with van der Waals surface area (Å²) in [6, 6.07) is 17.4. The Labute approximate surface area is 148 Å². The van der Waals surface area contributed by atoms with Gasteiger partial charge < -0.3 is 0 Å². The highest BCUT2D eigenvalue weighted by molar-refractivity contribution is 8.13. The summed E-state index contributed by atoms with van der Waals surface area (Å²) in [5.74, 6) is 0.664. The second-order valence-electron chi connectivity index (χ2n) is 4.99. The third-order valence-electron chi connectivity index (χ3n) is 3.25. The molecular weight excluding hydrogens is 346 g/mol. The van der Waals surface area contributed by atoms with E-state index >= 15 is 0 Å². The van der Waals surface area contributed by atoms with Crippen molar-refractivity contribution in [2.75, 3.05) is 13.3 Å². The Balaban J connectivity index is 1.74. The molecule has 0 aromatic heterocycles. The van der Waals surface area contributed by atoms with Gasteiger partial charge in [-0.15, -0.1) is 0 Å². The largest absolute Gasteiger partial charge is 0.303 e. The van der Waals surface area contributed by atoms with Crippen LogP contribution in [0, 0.1) is 0 Å². The Kier molecular flexibility index (Phi) is 8.14. The summed E-state index contributed by atoms with van der Waals surface area (Å²) in [7, 11) is 0. The first-order valence-electron chi connectivity index (χ1n) is 7.40. The summed E-state index contributed by atoms with van der Waals surface area (Å²) < 4.78 is 23.2. The first-order valence-corrected chi connectivity index (χ1v) is 9.42. The van der Waals surface area contributed by atoms with Gasteiger partial charge in [0.2, 0.25) is 5.12 Å². The van der Waals surface area contributed by atoms with E-state index in [1.54, 1.807) is 0 Å². The minimum atomic E-state index is -2.24. The van der Waals surface area contributed by atoms with Crippen LogP contribution in [0.5, 0.6) is 0 Å². The lowest BCUT2D eigenvalue weighted by atomic mass is 10.1. The van der Waals surface area contributed by atoms with Gasteiger partial charge in [0.05, 0.1) is 0 Å². The molecular formula is C17H19NO4S2. The van der Waals surface area contributed by atoms with E-state index in [2.05, 4.69) is 9.50 Å². The van der Waals surface area contributed by atoms with Gasteiger partial charge in [0.1, 0.15) is 6.73 Å². The van der Waals surface area contributed by atoms with Crippen molar-refractivity contribution in [2.45, 2.75) is 12.2 Å². The van der Waals surface area contributed by atoms with Crippen molar-refractivity contribution in [1.29, 1.82) is 0 Å². The Morgan fingerprint density at radius 2 is 1.79 bits per heavy atom. The molecule has 7 heteroatoms. The molecule has 0 fully saturated rings. The lowest BCUT2D eigenvalue weighted by Gasteiger charge is -2.05. The maximum absolute atomic E-state index is 12.2. The van der Waals surface area contributed by atoms with Crippen LogP contribution in [0.15, 0.2) is 54.6 Å². The summed E-state index contributed by atoms with van der Waals surface area (Å²) >= 11 is -0.945. The molecule has 1 unspecified atom stereocenters. The zero-order chi connectivity index (χ0) is 17.2. The number of nitrogens with one attached hydrogen (secondary N) is 1. The molecule has 0 aliphatic rings. The zero-order valence-electron chi connectivity index (χ0n) is 13.0. The van der Waals surface area contributed by atoms with Crippen molar-refractivity contribution in [3.05, 3.63) is 71.3 Å². The average molecular weight is 365 g/mol. The van der Waals surface area contributed by atoms with E-state index in [0.29, 0.717) is 17.9 Å². The smallest absolute Gasteiger partial charge is 0.293 e. The second-order valence-corrected chi connectivity index (χ2v) is 6.61. The Hall–Kier alpha value is -1.51. The molecule has 0 aliphatic carbocycles. The Morgan fingerprint density at radius 1 is 1.08 bits per heavy atom. The molecule has 2 N–H and O–H groups in total. The standard InChI is InChI=1S/C17H19NO4S2/c19-17(23-12-15-4-2-1-3-5-15)16-8-6-14(7-9-16)10-11-18-13-22-24(20)21/h1-9,18H,10-13H2,(H,20,21). The van der Waals surface area contributed by atoms with Gasteiger partial charge >= 0.3 is 11.4 Å². The van der Waals surface area contributed by atoms with E-state index in [1.807, 2.05) is 54.6 Å². The first-order chi connectivity index (χ1) is 11.6. The van der Waals surface area contributed by atoms with E-state index in [0.717, 1.165) is 17.5 Å². The van der Waals surface area contributed by atoms with Crippen LogP contribution in [0.2, 0.25) is 0 Å². The van der Waals surface area contributed by atoms with Gasteiger partial charge in [0.25, 0.3) is 0 Å². The number of rotatable bonds is 9. The molecule has 0 heterocycles. The molecule has 0 spiro atoms. The molecule has 128 valence electrons. The molecule has 0 saturated carbocycles. The average Bonchev–Trinajstić information content (AvgIpc) is 2.60. The van der Waals surface area contributed by atoms with Gasteiger partial charge in [-0.1, -0.05) is 66.4 Å². The molecule has 2 aromatic rings. The van der Waals surface area contributed by atoms with Crippen LogP contribution in [0.3, 0.4) is 0 Å². The van der Waals surface area contributed by atoms with Crippen molar-refractivity contribution >= 4 is 28.2 Å². The first kappa shape index (κ1) is 18.8. The van der Waals surface area contributed by atoms with Crippen LogP contribution in [0.1, 0.15) is 21.5 Å². The quantitative estimate of drug-likeness (QED) is 0.404. The van der Waals surface area contributed by atoms with Crippen LogP contribution < -0.4 is 5.32 Å². The van der Waals surface area contributed by atoms with Crippen molar-refractivity contribution < 1.29 is 17.7 Å². The fourth-order valence-corrected chi connectivity index (χ4v) is 2.99. The van der Waals surface area contributed by atoms with Gasteiger partial charge in [0.15, 0.2) is 0 Å². The van der Waals surface area contributed by atoms with Gasteiger partial charge in [-0.3, -0.25) is 18.8 Å². The SMILES string of the molecule is O=C(SCc1ccccc1)c1ccc(CCNCOS(=O)O)cc1. The topological polar surface area (TPSA) is 75.6 Å². The molecule has 1 atom stereocenters. The molecule has 24 heavy (non-hydrogen) atoms. The van der Waals surface area contributed by atoms with E-state index in [4.69, 9.17) is 4.55 Å². The van der Waals surface area contributed by atoms with Crippen LogP contribution >= 0.6 is 11.8 Å². The van der Waals surface area contributed by atoms with Crippen molar-refractivity contribution in [3.8, 4) is 0 Å². The fraction of sp³-hybridized carbons (Fsp3) is 0.235. The fourth-order valence-electron chi connectivity index (χ4n) is 2.01. The molecule has 0 radical (unpaired) electrons. The highest BCUT2D eigenvalue weighted by atomic mass is 32.2. The zero-order valence-corrected chi connectivity index (χ0v) is 14.6. The normalized spacial score (nSPS) is 12.0. The minimum absolute atomic E-state index is 0.0236. The van der Waals surface area contributed by atoms with Crippen LogP contribution in [0.4, 0.5) is 0 Å². The van der Waals surface area contributed by atoms with E-state index in [-0.39, 0.29) is 11.8 Å². The second kappa shape index (κ2) is 10.4. The van der Waals surface area contributed by atoms with Gasteiger partial charge in [-0.25, -0.2) is 0 Å². The minimum Gasteiger partial charge on any atom is -0.293 e. The van der Waals surface area contributed by atoms with Crippen molar-refractivity contribution in [2.24, 2.45) is 0 Å². The summed E-state index contributed by atoms with van der Waals surface area (Å²) in [5.41, 5.74) is 2.90. The molecule has 5 nitrogen and oxygen atoms in total. The Bertz CT molecular complexity index is 662. The molecule has 2 aromatic carbocycles. The lowest BCUT2D eigenvalue weighted by Crippen LogP contribution is -2.21. The van der Waals surface area contributed by atoms with Crippen molar-refractivity contribution in [1.82, 2.24) is 5.32 Å². The third kappa shape index (κ3) is 6.94. The lowest BCUT2D eigenvalue weighted by molar-refractivity contribution is 0.108. The van der Waals surface area contributed by atoms with Gasteiger partial charge in [-0.2, -0.15) is 4.21 Å². The highest BCUT2D eigenvalue weighted by Crippen LogP contribution is 2.18. The predicted molar refractivity (Wildman–Crippen MR) is 96.9 cm³/mol. The highest BCUT2D eigenvalue weighted by Gasteiger charge is 2.07. The number of carbonyl (C=O) groups is 1. The van der Waals surface area contributed by atoms with E-state index in [9.17, 15) is 9.00 Å². The number of hydrogen-bond donors (Lipinski definition) is 2. The Morgan fingerprint density at radius 3 is 2.46 bits per heavy atom. The van der Waals surface area contributed by atoms with E-state index in [1.165, 1.54) is 11.8 Å². The van der Waals surface area contributed by atoms with Crippen LogP contribution in [0.25, 0.3) is 0 Å². The predicted octanol–water partition coefficient (Wildman–Crippen LogP) is 3.00. The summed E-state index contributed by atoms with van der Waals surface area (Å²) in [6.07, 6.45) is 0.743. The number of thioether (sulfide) groups is 1. The number of benzene rings is 2. The van der Waals surface area contributed by atoms with Crippen LogP contribution in [-0.2, 0) is 27.7 Å². The molecule has 2 rings (SSSR count). The van der Waals surface area contributed by atoms with E-state index < -0.39 is 11.4 Å². The van der Waals surface area contributed by atoms with Gasteiger partial charge in [-0.05, 0) is 17.5 Å². The molecule has 0 saturated heterocycles. The summed E-state index contributed by atoms with van der Waals surface area (Å²) in [6.45, 7) is 0.642. The monoisotopic (exact) mass is 365 g/mol. The summed E-state index contributed by atoms with van der Waals surface area (Å²) in [5, 5.41) is 2.95.